The maximum Gasteiger partial charge on any atom is 0.326 e. The standard InChI is InChI=1S/C13H24N2O6/c1-9(2)15(8-11(16)21-4)13(19)14-10(12(17)18)6-5-7-20-3/h9-10H,5-8H2,1-4H3,(H,14,19)(H,17,18). The monoisotopic (exact) mass is 304 g/mol. The number of hydrogen-bond acceptors (Lipinski definition) is 5. The minimum absolute atomic E-state index is 0.232. The summed E-state index contributed by atoms with van der Waals surface area (Å²) < 4.78 is 9.37. The zero-order valence-corrected chi connectivity index (χ0v) is 12.9. The first-order valence-corrected chi connectivity index (χ1v) is 6.69. The van der Waals surface area contributed by atoms with Gasteiger partial charge in [-0.1, -0.05) is 0 Å². The molecule has 0 saturated carbocycles. The van der Waals surface area contributed by atoms with Crippen molar-refractivity contribution in [1.29, 1.82) is 0 Å². The number of methoxy groups -OCH3 is 2. The first-order chi connectivity index (χ1) is 9.83. The van der Waals surface area contributed by atoms with Crippen molar-refractivity contribution in [2.75, 3.05) is 27.4 Å². The largest absolute Gasteiger partial charge is 0.480 e. The molecule has 0 aliphatic carbocycles. The highest BCUT2D eigenvalue weighted by Crippen LogP contribution is 2.04. The number of esters is 1. The number of nitrogens with one attached hydrogen (secondary N) is 1. The molecule has 0 aliphatic rings. The Kier molecular flexibility index (Phi) is 9.11. The van der Waals surface area contributed by atoms with Crippen LogP contribution in [0.4, 0.5) is 4.79 Å². The lowest BCUT2D eigenvalue weighted by Gasteiger charge is -2.27. The lowest BCUT2D eigenvalue weighted by molar-refractivity contribution is -0.141. The quantitative estimate of drug-likeness (QED) is 0.473. The zero-order chi connectivity index (χ0) is 16.4. The summed E-state index contributed by atoms with van der Waals surface area (Å²) >= 11 is 0. The van der Waals surface area contributed by atoms with Crippen LogP contribution in [0.5, 0.6) is 0 Å². The molecule has 2 amide bonds. The molecule has 2 N–H and O–H groups in total. The van der Waals surface area contributed by atoms with Crippen LogP contribution < -0.4 is 5.32 Å². The van der Waals surface area contributed by atoms with Gasteiger partial charge < -0.3 is 24.8 Å². The number of ether oxygens (including phenoxy) is 2. The van der Waals surface area contributed by atoms with Crippen LogP contribution in [0, 0.1) is 0 Å². The van der Waals surface area contributed by atoms with Crippen LogP contribution in [0.25, 0.3) is 0 Å². The number of hydrogen-bond donors (Lipinski definition) is 2. The highest BCUT2D eigenvalue weighted by molar-refractivity contribution is 5.85. The van der Waals surface area contributed by atoms with Crippen LogP contribution in [-0.2, 0) is 19.1 Å². The second kappa shape index (κ2) is 9.98. The van der Waals surface area contributed by atoms with Crippen molar-refractivity contribution in [3.05, 3.63) is 0 Å². The number of nitrogens with zero attached hydrogens (tertiary/aromatic N) is 1. The van der Waals surface area contributed by atoms with Crippen LogP contribution >= 0.6 is 0 Å². The van der Waals surface area contributed by atoms with Crippen LogP contribution in [0.1, 0.15) is 26.7 Å². The molecule has 0 saturated heterocycles. The summed E-state index contributed by atoms with van der Waals surface area (Å²) in [7, 11) is 2.74. The van der Waals surface area contributed by atoms with Crippen molar-refractivity contribution in [2.45, 2.75) is 38.8 Å². The first-order valence-electron chi connectivity index (χ1n) is 6.69. The van der Waals surface area contributed by atoms with E-state index in [1.807, 2.05) is 0 Å². The van der Waals surface area contributed by atoms with Gasteiger partial charge in [0.15, 0.2) is 0 Å². The van der Waals surface area contributed by atoms with Crippen LogP contribution in [0.3, 0.4) is 0 Å². The average Bonchev–Trinajstić information content (AvgIpc) is 2.42. The summed E-state index contributed by atoms with van der Waals surface area (Å²) in [6, 6.07) is -1.90. The summed E-state index contributed by atoms with van der Waals surface area (Å²) in [6.45, 7) is 3.63. The number of urea groups is 1. The molecule has 0 aromatic carbocycles. The molecule has 1 unspecified atom stereocenters. The molecular formula is C13H24N2O6. The smallest absolute Gasteiger partial charge is 0.326 e. The molecule has 0 aromatic rings. The Morgan fingerprint density at radius 2 is 1.86 bits per heavy atom. The third-order valence-corrected chi connectivity index (χ3v) is 2.85. The number of carbonyl (C=O) groups excluding carboxylic acids is 2. The molecule has 0 aliphatic heterocycles. The lowest BCUT2D eigenvalue weighted by atomic mass is 10.1. The van der Waals surface area contributed by atoms with Gasteiger partial charge in [0.05, 0.1) is 7.11 Å². The third kappa shape index (κ3) is 7.50. The van der Waals surface area contributed by atoms with Gasteiger partial charge in [-0.2, -0.15) is 0 Å². The topological polar surface area (TPSA) is 105 Å². The van der Waals surface area contributed by atoms with Gasteiger partial charge in [0.1, 0.15) is 12.6 Å². The Balaban J connectivity index is 4.67. The van der Waals surface area contributed by atoms with Crippen LogP contribution in [0.2, 0.25) is 0 Å². The normalized spacial score (nSPS) is 11.9. The van der Waals surface area contributed by atoms with Gasteiger partial charge in [-0.05, 0) is 26.7 Å². The molecular weight excluding hydrogens is 280 g/mol. The summed E-state index contributed by atoms with van der Waals surface area (Å²) in [5.74, 6) is -1.69. The van der Waals surface area contributed by atoms with Crippen molar-refractivity contribution in [2.24, 2.45) is 0 Å². The number of carbonyl (C=O) groups is 3. The van der Waals surface area contributed by atoms with Crippen molar-refractivity contribution < 1.29 is 29.0 Å². The predicted molar refractivity (Wildman–Crippen MR) is 74.9 cm³/mol. The highest BCUT2D eigenvalue weighted by Gasteiger charge is 2.25. The Hall–Kier alpha value is -1.83. The molecule has 0 bridgehead atoms. The van der Waals surface area contributed by atoms with Gasteiger partial charge in [-0.25, -0.2) is 9.59 Å². The molecule has 122 valence electrons. The first kappa shape index (κ1) is 19.2. The number of amides is 2. The van der Waals surface area contributed by atoms with Crippen molar-refractivity contribution in [3.63, 3.8) is 0 Å². The van der Waals surface area contributed by atoms with E-state index in [2.05, 4.69) is 10.1 Å². The fraction of sp³-hybridized carbons (Fsp3) is 0.769. The van der Waals surface area contributed by atoms with Gasteiger partial charge in [-0.15, -0.1) is 0 Å². The minimum Gasteiger partial charge on any atom is -0.480 e. The molecule has 0 aromatic heterocycles. The highest BCUT2D eigenvalue weighted by atomic mass is 16.5. The molecule has 1 atom stereocenters. The van der Waals surface area contributed by atoms with E-state index < -0.39 is 24.0 Å². The average molecular weight is 304 g/mol. The van der Waals surface area contributed by atoms with Crippen LogP contribution in [0.15, 0.2) is 0 Å². The molecule has 21 heavy (non-hydrogen) atoms. The number of carboxylic acids is 1. The van der Waals surface area contributed by atoms with Gasteiger partial charge in [-0.3, -0.25) is 4.79 Å². The van der Waals surface area contributed by atoms with Gasteiger partial charge >= 0.3 is 18.0 Å². The molecule has 8 nitrogen and oxygen atoms in total. The number of rotatable bonds is 9. The zero-order valence-electron chi connectivity index (χ0n) is 12.9. The van der Waals surface area contributed by atoms with E-state index in [-0.39, 0.29) is 19.0 Å². The van der Waals surface area contributed by atoms with E-state index in [0.29, 0.717) is 13.0 Å². The number of carboxylic acid groups (broad SMARTS) is 1. The van der Waals surface area contributed by atoms with E-state index in [1.54, 1.807) is 13.8 Å². The third-order valence-electron chi connectivity index (χ3n) is 2.85. The van der Waals surface area contributed by atoms with Gasteiger partial charge in [0.25, 0.3) is 0 Å². The summed E-state index contributed by atoms with van der Waals surface area (Å²) in [5, 5.41) is 11.5. The van der Waals surface area contributed by atoms with Crippen molar-refractivity contribution in [1.82, 2.24) is 10.2 Å². The SMILES string of the molecule is COCCCC(NC(=O)N(CC(=O)OC)C(C)C)C(=O)O. The molecule has 0 spiro atoms. The summed E-state index contributed by atoms with van der Waals surface area (Å²) in [6.07, 6.45) is 0.755. The van der Waals surface area contributed by atoms with Crippen LogP contribution in [-0.4, -0.2) is 67.4 Å². The second-order valence-corrected chi connectivity index (χ2v) is 4.77. The Morgan fingerprint density at radius 3 is 2.29 bits per heavy atom. The maximum atomic E-state index is 12.1. The molecule has 0 radical (unpaired) electrons. The Labute approximate surface area is 124 Å². The Bertz CT molecular complexity index is 359. The Morgan fingerprint density at radius 1 is 1.24 bits per heavy atom. The van der Waals surface area contributed by atoms with E-state index in [4.69, 9.17) is 9.84 Å². The summed E-state index contributed by atoms with van der Waals surface area (Å²) in [5.41, 5.74) is 0. The fourth-order valence-corrected chi connectivity index (χ4v) is 1.61. The molecule has 8 heteroatoms. The van der Waals surface area contributed by atoms with E-state index in [9.17, 15) is 14.4 Å². The van der Waals surface area contributed by atoms with E-state index in [1.165, 1.54) is 19.1 Å². The van der Waals surface area contributed by atoms with Crippen molar-refractivity contribution in [3.8, 4) is 0 Å². The number of aliphatic carboxylic acids is 1. The lowest BCUT2D eigenvalue weighted by Crippen LogP contribution is -2.51. The minimum atomic E-state index is -1.12. The maximum absolute atomic E-state index is 12.1. The van der Waals surface area contributed by atoms with Crippen molar-refractivity contribution >= 4 is 18.0 Å². The second-order valence-electron chi connectivity index (χ2n) is 4.77. The molecule has 0 rings (SSSR count). The molecule has 0 fully saturated rings. The van der Waals surface area contributed by atoms with E-state index in [0.717, 1.165) is 0 Å². The van der Waals surface area contributed by atoms with E-state index >= 15 is 0 Å². The fourth-order valence-electron chi connectivity index (χ4n) is 1.61. The molecule has 0 heterocycles. The predicted octanol–water partition coefficient (Wildman–Crippen LogP) is 0.459. The van der Waals surface area contributed by atoms with Gasteiger partial charge in [0.2, 0.25) is 0 Å². The summed E-state index contributed by atoms with van der Waals surface area (Å²) in [4.78, 5) is 35.7. The van der Waals surface area contributed by atoms with Gasteiger partial charge in [0, 0.05) is 19.8 Å².